The molecule has 1 aliphatic carbocycles. The summed E-state index contributed by atoms with van der Waals surface area (Å²) in [5.74, 6) is 0.598. The molecule has 0 heteroatoms. The van der Waals surface area contributed by atoms with Gasteiger partial charge in [-0.05, 0) is 30.0 Å². The topological polar surface area (TPSA) is 0 Å². The highest BCUT2D eigenvalue weighted by Crippen LogP contribution is 2.43. The Hall–Kier alpha value is -1.56. The predicted molar refractivity (Wildman–Crippen MR) is 71.4 cm³/mol. The lowest BCUT2D eigenvalue weighted by molar-refractivity contribution is 0.776. The number of rotatable bonds is 3. The summed E-state index contributed by atoms with van der Waals surface area (Å²) in [5, 5.41) is 0. The van der Waals surface area contributed by atoms with Gasteiger partial charge >= 0.3 is 0 Å². The van der Waals surface area contributed by atoms with Gasteiger partial charge in [-0.1, -0.05) is 61.6 Å². The maximum Gasteiger partial charge on any atom is 0.00581 e. The predicted octanol–water partition coefficient (Wildman–Crippen LogP) is 4.71. The van der Waals surface area contributed by atoms with Gasteiger partial charge in [0, 0.05) is 5.92 Å². The van der Waals surface area contributed by atoms with E-state index < -0.39 is 0 Å². The molecule has 82 valence electrons. The van der Waals surface area contributed by atoms with Crippen LogP contribution in [-0.4, -0.2) is 0 Å². The summed E-state index contributed by atoms with van der Waals surface area (Å²) in [4.78, 5) is 0. The highest BCUT2D eigenvalue weighted by molar-refractivity contribution is 5.84. The maximum absolute atomic E-state index is 3.73. The van der Waals surface area contributed by atoms with Crippen molar-refractivity contribution in [1.82, 2.24) is 0 Å². The third-order valence-corrected chi connectivity index (χ3v) is 3.38. The molecule has 1 unspecified atom stereocenters. The molecule has 16 heavy (non-hydrogen) atoms. The first-order chi connectivity index (χ1) is 7.79. The Morgan fingerprint density at radius 2 is 2.06 bits per heavy atom. The third-order valence-electron chi connectivity index (χ3n) is 3.38. The quantitative estimate of drug-likeness (QED) is 0.634. The van der Waals surface area contributed by atoms with Crippen LogP contribution in [0.5, 0.6) is 0 Å². The second kappa shape index (κ2) is 4.52. The smallest absolute Gasteiger partial charge is 0.00581 e. The number of benzene rings is 1. The van der Waals surface area contributed by atoms with E-state index in [0.717, 1.165) is 0 Å². The van der Waals surface area contributed by atoms with Crippen molar-refractivity contribution >= 4 is 5.57 Å². The number of hydrogen-bond acceptors (Lipinski definition) is 0. The van der Waals surface area contributed by atoms with Gasteiger partial charge in [0.15, 0.2) is 0 Å². The number of fused-ring (bicyclic) bond motifs is 1. The van der Waals surface area contributed by atoms with E-state index in [1.807, 2.05) is 12.2 Å². The van der Waals surface area contributed by atoms with Crippen LogP contribution in [0.15, 0.2) is 54.6 Å². The minimum atomic E-state index is 0.598. The molecule has 0 radical (unpaired) electrons. The van der Waals surface area contributed by atoms with E-state index in [4.69, 9.17) is 0 Å². The van der Waals surface area contributed by atoms with Crippen LogP contribution in [0.1, 0.15) is 37.3 Å². The van der Waals surface area contributed by atoms with Gasteiger partial charge in [0.05, 0.1) is 0 Å². The zero-order chi connectivity index (χ0) is 11.5. The largest absolute Gasteiger partial charge is 0.0991 e. The van der Waals surface area contributed by atoms with Crippen molar-refractivity contribution in [3.05, 3.63) is 65.8 Å². The minimum Gasteiger partial charge on any atom is -0.0991 e. The summed E-state index contributed by atoms with van der Waals surface area (Å²) in [6.07, 6.45) is 7.21. The van der Waals surface area contributed by atoms with E-state index in [1.54, 1.807) is 0 Å². The van der Waals surface area contributed by atoms with Crippen molar-refractivity contribution in [2.45, 2.75) is 26.2 Å². The van der Waals surface area contributed by atoms with Gasteiger partial charge in [0.25, 0.3) is 0 Å². The molecule has 0 bridgehead atoms. The summed E-state index contributed by atoms with van der Waals surface area (Å²) in [6, 6.07) is 8.72. The fraction of sp³-hybridized carbons (Fsp3) is 0.250. The Balaban J connectivity index is 2.54. The van der Waals surface area contributed by atoms with Crippen LogP contribution < -0.4 is 0 Å². The van der Waals surface area contributed by atoms with E-state index in [0.29, 0.717) is 5.92 Å². The first kappa shape index (κ1) is 10.9. The summed E-state index contributed by atoms with van der Waals surface area (Å²) >= 11 is 0. The SMILES string of the molecule is C=C/C=C\C1=C(C)C(CC)c2ccccc21. The molecule has 1 aliphatic rings. The first-order valence-electron chi connectivity index (χ1n) is 5.88. The summed E-state index contributed by atoms with van der Waals surface area (Å²) in [6.45, 7) is 8.23. The highest BCUT2D eigenvalue weighted by Gasteiger charge is 2.25. The lowest BCUT2D eigenvalue weighted by atomic mass is 9.94. The molecule has 0 N–H and O–H groups in total. The Morgan fingerprint density at radius 3 is 2.75 bits per heavy atom. The molecule has 0 nitrogen and oxygen atoms in total. The van der Waals surface area contributed by atoms with E-state index in [9.17, 15) is 0 Å². The van der Waals surface area contributed by atoms with Crippen LogP contribution in [0.25, 0.3) is 5.57 Å². The molecular weight excluding hydrogens is 192 g/mol. The van der Waals surface area contributed by atoms with Gasteiger partial charge in [-0.15, -0.1) is 0 Å². The molecule has 0 heterocycles. The van der Waals surface area contributed by atoms with Gasteiger partial charge in [-0.2, -0.15) is 0 Å². The molecule has 0 aliphatic heterocycles. The molecule has 0 saturated carbocycles. The van der Waals surface area contributed by atoms with Crippen LogP contribution in [0.2, 0.25) is 0 Å². The van der Waals surface area contributed by atoms with E-state index in [-0.39, 0.29) is 0 Å². The summed E-state index contributed by atoms with van der Waals surface area (Å²) in [5.41, 5.74) is 5.74. The van der Waals surface area contributed by atoms with Crippen LogP contribution in [0, 0.1) is 0 Å². The second-order valence-corrected chi connectivity index (χ2v) is 4.24. The third kappa shape index (κ3) is 1.65. The van der Waals surface area contributed by atoms with Crippen molar-refractivity contribution < 1.29 is 0 Å². The molecule has 0 saturated heterocycles. The van der Waals surface area contributed by atoms with Gasteiger partial charge in [0.1, 0.15) is 0 Å². The van der Waals surface area contributed by atoms with E-state index in [2.05, 4.69) is 50.8 Å². The summed E-state index contributed by atoms with van der Waals surface area (Å²) in [7, 11) is 0. The fourth-order valence-corrected chi connectivity index (χ4v) is 2.59. The summed E-state index contributed by atoms with van der Waals surface area (Å²) < 4.78 is 0. The van der Waals surface area contributed by atoms with Crippen LogP contribution in [0.3, 0.4) is 0 Å². The Bertz CT molecular complexity index is 461. The Morgan fingerprint density at radius 1 is 1.31 bits per heavy atom. The van der Waals surface area contributed by atoms with Crippen molar-refractivity contribution in [3.63, 3.8) is 0 Å². The van der Waals surface area contributed by atoms with Crippen molar-refractivity contribution in [3.8, 4) is 0 Å². The van der Waals surface area contributed by atoms with Gasteiger partial charge in [0.2, 0.25) is 0 Å². The molecule has 1 atom stereocenters. The zero-order valence-corrected chi connectivity index (χ0v) is 10.0. The van der Waals surface area contributed by atoms with Crippen LogP contribution in [0.4, 0.5) is 0 Å². The van der Waals surface area contributed by atoms with Gasteiger partial charge in [-0.3, -0.25) is 0 Å². The molecule has 0 spiro atoms. The maximum atomic E-state index is 3.73. The van der Waals surface area contributed by atoms with Crippen LogP contribution in [-0.2, 0) is 0 Å². The average Bonchev–Trinajstić information content (AvgIpc) is 2.58. The molecule has 0 aromatic heterocycles. The first-order valence-corrected chi connectivity index (χ1v) is 5.88. The standard InChI is InChI=1S/C16H18/c1-4-6-9-14-12(3)13(5-2)15-10-7-8-11-16(14)15/h4,6-11,13H,1,5H2,2-3H3/b9-6-. The molecule has 2 rings (SSSR count). The molecule has 1 aromatic carbocycles. The van der Waals surface area contributed by atoms with Gasteiger partial charge in [-0.25, -0.2) is 0 Å². The highest BCUT2D eigenvalue weighted by atomic mass is 14.3. The molecule has 0 fully saturated rings. The average molecular weight is 210 g/mol. The van der Waals surface area contributed by atoms with Gasteiger partial charge < -0.3 is 0 Å². The van der Waals surface area contributed by atoms with Crippen LogP contribution >= 0.6 is 0 Å². The second-order valence-electron chi connectivity index (χ2n) is 4.24. The van der Waals surface area contributed by atoms with Crippen molar-refractivity contribution in [2.75, 3.05) is 0 Å². The molecular formula is C16H18. The Labute approximate surface area is 98.0 Å². The molecule has 0 amide bonds. The monoisotopic (exact) mass is 210 g/mol. The lowest BCUT2D eigenvalue weighted by Crippen LogP contribution is -1.93. The number of allylic oxidation sites excluding steroid dienone is 5. The van der Waals surface area contributed by atoms with Crippen molar-refractivity contribution in [2.24, 2.45) is 0 Å². The Kier molecular flexibility index (Phi) is 3.09. The van der Waals surface area contributed by atoms with Crippen molar-refractivity contribution in [1.29, 1.82) is 0 Å². The molecule has 1 aromatic rings. The normalized spacial score (nSPS) is 19.2. The fourth-order valence-electron chi connectivity index (χ4n) is 2.59. The number of hydrogen-bond donors (Lipinski definition) is 0. The zero-order valence-electron chi connectivity index (χ0n) is 10.0. The lowest BCUT2D eigenvalue weighted by Gasteiger charge is -2.10. The van der Waals surface area contributed by atoms with E-state index in [1.165, 1.54) is 28.7 Å². The van der Waals surface area contributed by atoms with E-state index >= 15 is 0 Å². The minimum absolute atomic E-state index is 0.598.